The molecular formula is C23H31N3OS. The third-order valence-electron chi connectivity index (χ3n) is 5.71. The monoisotopic (exact) mass is 397 g/mol. The Bertz CT molecular complexity index is 874. The molecule has 1 N–H and O–H groups in total. The molecule has 0 bridgehead atoms. The van der Waals surface area contributed by atoms with Gasteiger partial charge < -0.3 is 10.2 Å². The van der Waals surface area contributed by atoms with Crippen molar-refractivity contribution in [3.63, 3.8) is 0 Å². The van der Waals surface area contributed by atoms with Gasteiger partial charge >= 0.3 is 0 Å². The molecule has 4 rings (SSSR count). The molecule has 0 unspecified atom stereocenters. The molecule has 2 aliphatic rings. The number of fused-ring (bicyclic) bond motifs is 1. The molecule has 0 saturated heterocycles. The molecule has 0 atom stereocenters. The topological polar surface area (TPSA) is 45.2 Å². The normalized spacial score (nSPS) is 17.2. The fourth-order valence-electron chi connectivity index (χ4n) is 4.33. The molecule has 150 valence electrons. The number of thiazole rings is 1. The van der Waals surface area contributed by atoms with Crippen LogP contribution in [0.4, 0.5) is 10.8 Å². The van der Waals surface area contributed by atoms with Crippen LogP contribution in [0, 0.1) is 12.3 Å². The lowest BCUT2D eigenvalue weighted by Gasteiger charge is -2.23. The number of benzene rings is 1. The number of hydrogen-bond acceptors (Lipinski definition) is 4. The number of carbonyl (C=O) groups excluding carboxylic acids is 1. The number of amides is 1. The summed E-state index contributed by atoms with van der Waals surface area (Å²) in [6, 6.07) is 7.06. The molecule has 1 aromatic heterocycles. The van der Waals surface area contributed by atoms with E-state index in [0.29, 0.717) is 12.5 Å². The Kier molecular flexibility index (Phi) is 5.21. The lowest BCUT2D eigenvalue weighted by atomic mass is 9.91. The van der Waals surface area contributed by atoms with E-state index in [9.17, 15) is 4.79 Å². The third-order valence-corrected chi connectivity index (χ3v) is 6.61. The fraction of sp³-hybridized carbons (Fsp3) is 0.565. The van der Waals surface area contributed by atoms with E-state index in [-0.39, 0.29) is 11.3 Å². The number of carbonyl (C=O) groups is 1. The zero-order valence-electron chi connectivity index (χ0n) is 17.5. The molecule has 1 amide bonds. The Labute approximate surface area is 172 Å². The second-order valence-corrected chi connectivity index (χ2v) is 10.6. The minimum absolute atomic E-state index is 0.0141. The van der Waals surface area contributed by atoms with Crippen molar-refractivity contribution in [2.45, 2.75) is 72.3 Å². The number of anilines is 2. The maximum absolute atomic E-state index is 12.7. The van der Waals surface area contributed by atoms with Gasteiger partial charge in [-0.1, -0.05) is 39.7 Å². The average molecular weight is 398 g/mol. The summed E-state index contributed by atoms with van der Waals surface area (Å²) in [7, 11) is 0. The summed E-state index contributed by atoms with van der Waals surface area (Å²) in [5.74, 6) is 0.229. The summed E-state index contributed by atoms with van der Waals surface area (Å²) in [6.45, 7) is 9.30. The Morgan fingerprint density at radius 3 is 2.75 bits per heavy atom. The Balaban J connectivity index is 1.53. The SMILES string of the molecule is Cc1sc(NC2CCCC2)nc1-c1ccc2c(c1)CCN2C(=O)CC(C)(C)C. The molecule has 5 heteroatoms. The number of nitrogens with zero attached hydrogens (tertiary/aromatic N) is 2. The maximum atomic E-state index is 12.7. The number of aryl methyl sites for hydroxylation is 1. The summed E-state index contributed by atoms with van der Waals surface area (Å²) in [5, 5.41) is 4.67. The van der Waals surface area contributed by atoms with Crippen molar-refractivity contribution in [2.75, 3.05) is 16.8 Å². The highest BCUT2D eigenvalue weighted by Crippen LogP contribution is 2.37. The van der Waals surface area contributed by atoms with Crippen LogP contribution in [-0.2, 0) is 11.2 Å². The first-order valence-corrected chi connectivity index (χ1v) is 11.3. The van der Waals surface area contributed by atoms with E-state index in [0.717, 1.165) is 35.0 Å². The van der Waals surface area contributed by atoms with Gasteiger partial charge in [-0.15, -0.1) is 11.3 Å². The molecule has 1 fully saturated rings. The van der Waals surface area contributed by atoms with Crippen LogP contribution >= 0.6 is 11.3 Å². The zero-order chi connectivity index (χ0) is 19.9. The largest absolute Gasteiger partial charge is 0.359 e. The lowest BCUT2D eigenvalue weighted by molar-refractivity contribution is -0.120. The fourth-order valence-corrected chi connectivity index (χ4v) is 5.24. The van der Waals surface area contributed by atoms with Crippen LogP contribution in [0.2, 0.25) is 0 Å². The van der Waals surface area contributed by atoms with Crippen LogP contribution in [0.5, 0.6) is 0 Å². The van der Waals surface area contributed by atoms with Gasteiger partial charge in [-0.25, -0.2) is 4.98 Å². The van der Waals surface area contributed by atoms with Gasteiger partial charge in [0.25, 0.3) is 0 Å². The molecule has 2 heterocycles. The van der Waals surface area contributed by atoms with E-state index in [1.807, 2.05) is 4.90 Å². The lowest BCUT2D eigenvalue weighted by Crippen LogP contribution is -2.31. The Morgan fingerprint density at radius 2 is 2.04 bits per heavy atom. The third kappa shape index (κ3) is 4.09. The van der Waals surface area contributed by atoms with Gasteiger partial charge in [0.1, 0.15) is 0 Å². The molecule has 2 aromatic rings. The molecule has 4 nitrogen and oxygen atoms in total. The molecule has 1 aliphatic carbocycles. The number of nitrogens with one attached hydrogen (secondary N) is 1. The number of rotatable bonds is 4. The van der Waals surface area contributed by atoms with Crippen LogP contribution < -0.4 is 10.2 Å². The highest BCUT2D eigenvalue weighted by atomic mass is 32.1. The number of hydrogen-bond donors (Lipinski definition) is 1. The summed E-state index contributed by atoms with van der Waals surface area (Å²) >= 11 is 1.75. The van der Waals surface area contributed by atoms with Gasteiger partial charge in [-0.3, -0.25) is 4.79 Å². The van der Waals surface area contributed by atoms with Crippen LogP contribution in [0.25, 0.3) is 11.3 Å². The van der Waals surface area contributed by atoms with Crippen molar-refractivity contribution in [2.24, 2.45) is 5.41 Å². The van der Waals surface area contributed by atoms with Crippen LogP contribution in [0.3, 0.4) is 0 Å². The van der Waals surface area contributed by atoms with Crippen molar-refractivity contribution >= 4 is 28.1 Å². The first kappa shape index (κ1) is 19.4. The summed E-state index contributed by atoms with van der Waals surface area (Å²) in [4.78, 5) is 20.8. The molecule has 28 heavy (non-hydrogen) atoms. The predicted octanol–water partition coefficient (Wildman–Crippen LogP) is 5.80. The number of aromatic nitrogens is 1. The van der Waals surface area contributed by atoms with Crippen molar-refractivity contribution in [1.82, 2.24) is 4.98 Å². The molecule has 1 saturated carbocycles. The van der Waals surface area contributed by atoms with Crippen LogP contribution in [0.15, 0.2) is 18.2 Å². The van der Waals surface area contributed by atoms with Crippen LogP contribution in [-0.4, -0.2) is 23.5 Å². The van der Waals surface area contributed by atoms with Crippen molar-refractivity contribution in [1.29, 1.82) is 0 Å². The molecule has 0 spiro atoms. The predicted molar refractivity (Wildman–Crippen MR) is 118 cm³/mol. The summed E-state index contributed by atoms with van der Waals surface area (Å²) in [6.07, 6.45) is 6.66. The second kappa shape index (κ2) is 7.51. The van der Waals surface area contributed by atoms with E-state index in [4.69, 9.17) is 4.98 Å². The van der Waals surface area contributed by atoms with Gasteiger partial charge in [-0.05, 0) is 49.3 Å². The van der Waals surface area contributed by atoms with Gasteiger partial charge in [0.05, 0.1) is 5.69 Å². The van der Waals surface area contributed by atoms with E-state index in [2.05, 4.69) is 51.2 Å². The Morgan fingerprint density at radius 1 is 1.29 bits per heavy atom. The van der Waals surface area contributed by atoms with Gasteiger partial charge in [-0.2, -0.15) is 0 Å². The van der Waals surface area contributed by atoms with E-state index in [1.165, 1.54) is 36.1 Å². The average Bonchev–Trinajstić information content (AvgIpc) is 3.33. The summed E-state index contributed by atoms with van der Waals surface area (Å²) in [5.41, 5.74) is 4.60. The molecule has 1 aliphatic heterocycles. The van der Waals surface area contributed by atoms with Gasteiger partial charge in [0.15, 0.2) is 5.13 Å². The van der Waals surface area contributed by atoms with Crippen molar-refractivity contribution < 1.29 is 4.79 Å². The van der Waals surface area contributed by atoms with E-state index >= 15 is 0 Å². The first-order valence-electron chi connectivity index (χ1n) is 10.5. The Hall–Kier alpha value is -1.88. The summed E-state index contributed by atoms with van der Waals surface area (Å²) < 4.78 is 0. The molecular weight excluding hydrogens is 366 g/mol. The highest BCUT2D eigenvalue weighted by molar-refractivity contribution is 7.16. The second-order valence-electron chi connectivity index (χ2n) is 9.43. The molecule has 0 radical (unpaired) electrons. The first-order chi connectivity index (χ1) is 13.3. The molecule has 1 aromatic carbocycles. The quantitative estimate of drug-likeness (QED) is 0.709. The highest BCUT2D eigenvalue weighted by Gasteiger charge is 2.28. The standard InChI is InChI=1S/C23H31N3OS/c1-15-21(25-22(28-15)24-18-7-5-6-8-18)17-9-10-19-16(13-17)11-12-26(19)20(27)14-23(2,3)4/h9-10,13,18H,5-8,11-12,14H2,1-4H3,(H,24,25). The van der Waals surface area contributed by atoms with Crippen molar-refractivity contribution in [3.8, 4) is 11.3 Å². The maximum Gasteiger partial charge on any atom is 0.227 e. The zero-order valence-corrected chi connectivity index (χ0v) is 18.3. The van der Waals surface area contributed by atoms with Crippen LogP contribution in [0.1, 0.15) is 63.3 Å². The van der Waals surface area contributed by atoms with E-state index < -0.39 is 0 Å². The van der Waals surface area contributed by atoms with Gasteiger partial charge in [0.2, 0.25) is 5.91 Å². The smallest absolute Gasteiger partial charge is 0.227 e. The van der Waals surface area contributed by atoms with E-state index in [1.54, 1.807) is 11.3 Å². The minimum atomic E-state index is 0.0141. The van der Waals surface area contributed by atoms with Crippen molar-refractivity contribution in [3.05, 3.63) is 28.6 Å². The van der Waals surface area contributed by atoms with Gasteiger partial charge in [0, 0.05) is 35.1 Å². The minimum Gasteiger partial charge on any atom is -0.359 e.